The Morgan fingerprint density at radius 1 is 1.19 bits per heavy atom. The number of benzene rings is 1. The molecule has 0 saturated carbocycles. The lowest BCUT2D eigenvalue weighted by atomic mass is 10.3. The summed E-state index contributed by atoms with van der Waals surface area (Å²) in [6.45, 7) is 3.06. The predicted octanol–water partition coefficient (Wildman–Crippen LogP) is 3.61. The normalized spacial score (nSPS) is 10.2. The smallest absolute Gasteiger partial charge is 0.188 e. The lowest BCUT2D eigenvalue weighted by Crippen LogP contribution is -2.03. The van der Waals surface area contributed by atoms with Crippen LogP contribution in [0.15, 0.2) is 22.7 Å². The molecule has 0 atom stereocenters. The van der Waals surface area contributed by atoms with E-state index in [-0.39, 0.29) is 6.79 Å². The maximum atomic E-state index is 5.64. The summed E-state index contributed by atoms with van der Waals surface area (Å²) in [5, 5.41) is 0. The lowest BCUT2D eigenvalue weighted by molar-refractivity contribution is 0.0485. The quantitative estimate of drug-likeness (QED) is 0.567. The Hall–Kier alpha value is -0.740. The number of unbranched alkanes of at least 4 members (excludes halogenated alkanes) is 1. The van der Waals surface area contributed by atoms with Gasteiger partial charge in [0.15, 0.2) is 18.3 Å². The van der Waals surface area contributed by atoms with E-state index < -0.39 is 0 Å². The average molecular weight is 289 g/mol. The summed E-state index contributed by atoms with van der Waals surface area (Å²) >= 11 is 3.41. The van der Waals surface area contributed by atoms with Crippen LogP contribution < -0.4 is 9.47 Å². The van der Waals surface area contributed by atoms with Crippen molar-refractivity contribution >= 4 is 15.9 Å². The van der Waals surface area contributed by atoms with Gasteiger partial charge in [-0.1, -0.05) is 29.3 Å². The molecule has 0 aliphatic carbocycles. The fourth-order valence-electron chi connectivity index (χ4n) is 1.16. The number of hydrogen-bond acceptors (Lipinski definition) is 3. The largest absolute Gasteiger partial charge is 0.490 e. The van der Waals surface area contributed by atoms with E-state index in [4.69, 9.17) is 14.2 Å². The minimum Gasteiger partial charge on any atom is -0.490 e. The van der Waals surface area contributed by atoms with E-state index in [1.807, 2.05) is 18.2 Å². The van der Waals surface area contributed by atoms with Crippen LogP contribution in [0.3, 0.4) is 0 Å². The standard InChI is InChI=1S/C12H17BrO3/c1-3-4-7-15-12-8-10(13)5-6-11(12)16-9-14-2/h5-6,8H,3-4,7,9H2,1-2H3. The van der Waals surface area contributed by atoms with Gasteiger partial charge in [-0.2, -0.15) is 0 Å². The zero-order valence-corrected chi connectivity index (χ0v) is 11.2. The Balaban J connectivity index is 2.65. The predicted molar refractivity (Wildman–Crippen MR) is 67.0 cm³/mol. The van der Waals surface area contributed by atoms with Crippen LogP contribution in [0.2, 0.25) is 0 Å². The van der Waals surface area contributed by atoms with Crippen molar-refractivity contribution in [1.82, 2.24) is 0 Å². The van der Waals surface area contributed by atoms with Crippen LogP contribution in [0.1, 0.15) is 19.8 Å². The first-order valence-electron chi connectivity index (χ1n) is 5.32. The summed E-state index contributed by atoms with van der Waals surface area (Å²) in [5.41, 5.74) is 0. The van der Waals surface area contributed by atoms with E-state index in [1.54, 1.807) is 7.11 Å². The maximum absolute atomic E-state index is 5.64. The van der Waals surface area contributed by atoms with Crippen molar-refractivity contribution in [1.29, 1.82) is 0 Å². The van der Waals surface area contributed by atoms with Gasteiger partial charge in [0.25, 0.3) is 0 Å². The molecular weight excluding hydrogens is 272 g/mol. The molecule has 0 spiro atoms. The van der Waals surface area contributed by atoms with Crippen LogP contribution in [0.5, 0.6) is 11.5 Å². The third-order valence-corrected chi connectivity index (χ3v) is 2.49. The third-order valence-electron chi connectivity index (χ3n) is 1.99. The summed E-state index contributed by atoms with van der Waals surface area (Å²) in [5.74, 6) is 1.46. The highest BCUT2D eigenvalue weighted by molar-refractivity contribution is 9.10. The van der Waals surface area contributed by atoms with Gasteiger partial charge in [-0.15, -0.1) is 0 Å². The zero-order valence-electron chi connectivity index (χ0n) is 9.66. The minimum absolute atomic E-state index is 0.228. The van der Waals surface area contributed by atoms with Crippen molar-refractivity contribution in [2.24, 2.45) is 0 Å². The van der Waals surface area contributed by atoms with E-state index >= 15 is 0 Å². The molecule has 0 unspecified atom stereocenters. The van der Waals surface area contributed by atoms with Gasteiger partial charge in [0.2, 0.25) is 0 Å². The van der Waals surface area contributed by atoms with Crippen molar-refractivity contribution in [3.05, 3.63) is 22.7 Å². The highest BCUT2D eigenvalue weighted by Crippen LogP contribution is 2.30. The molecule has 0 aromatic heterocycles. The molecule has 0 heterocycles. The molecule has 3 nitrogen and oxygen atoms in total. The summed E-state index contributed by atoms with van der Waals surface area (Å²) in [4.78, 5) is 0. The first kappa shape index (κ1) is 13.3. The monoisotopic (exact) mass is 288 g/mol. The first-order valence-corrected chi connectivity index (χ1v) is 6.11. The van der Waals surface area contributed by atoms with E-state index in [1.165, 1.54) is 0 Å². The van der Waals surface area contributed by atoms with E-state index in [0.29, 0.717) is 12.4 Å². The number of ether oxygens (including phenoxy) is 3. The van der Waals surface area contributed by atoms with Crippen LogP contribution in [-0.4, -0.2) is 20.5 Å². The van der Waals surface area contributed by atoms with Crippen LogP contribution in [-0.2, 0) is 4.74 Å². The van der Waals surface area contributed by atoms with Gasteiger partial charge in [-0.3, -0.25) is 0 Å². The molecule has 0 bridgehead atoms. The molecule has 1 rings (SSSR count). The Labute approximate surface area is 105 Å². The van der Waals surface area contributed by atoms with Gasteiger partial charge in [-0.05, 0) is 24.6 Å². The molecule has 0 fully saturated rings. The Bertz CT molecular complexity index is 315. The molecule has 0 amide bonds. The summed E-state index contributed by atoms with van der Waals surface area (Å²) < 4.78 is 16.9. The van der Waals surface area contributed by atoms with Gasteiger partial charge in [0.05, 0.1) is 6.61 Å². The lowest BCUT2D eigenvalue weighted by Gasteiger charge is -2.12. The molecule has 4 heteroatoms. The number of halogens is 1. The Morgan fingerprint density at radius 3 is 2.69 bits per heavy atom. The van der Waals surface area contributed by atoms with Crippen molar-refractivity contribution in [2.75, 3.05) is 20.5 Å². The van der Waals surface area contributed by atoms with Gasteiger partial charge in [-0.25, -0.2) is 0 Å². The first-order chi connectivity index (χ1) is 7.77. The molecule has 1 aromatic rings. The highest BCUT2D eigenvalue weighted by atomic mass is 79.9. The van der Waals surface area contributed by atoms with Crippen molar-refractivity contribution in [3.8, 4) is 11.5 Å². The summed E-state index contributed by atoms with van der Waals surface area (Å²) in [6.07, 6.45) is 2.15. The van der Waals surface area contributed by atoms with Crippen molar-refractivity contribution in [2.45, 2.75) is 19.8 Å². The van der Waals surface area contributed by atoms with Gasteiger partial charge in [0.1, 0.15) is 0 Å². The highest BCUT2D eigenvalue weighted by Gasteiger charge is 2.05. The molecule has 0 saturated heterocycles. The van der Waals surface area contributed by atoms with Gasteiger partial charge >= 0.3 is 0 Å². The molecule has 1 aromatic carbocycles. The van der Waals surface area contributed by atoms with Crippen LogP contribution in [0, 0.1) is 0 Å². The Morgan fingerprint density at radius 2 is 2.00 bits per heavy atom. The van der Waals surface area contributed by atoms with Crippen LogP contribution in [0.25, 0.3) is 0 Å². The molecule has 90 valence electrons. The summed E-state index contributed by atoms with van der Waals surface area (Å²) in [6, 6.07) is 5.68. The van der Waals surface area contributed by atoms with Gasteiger partial charge < -0.3 is 14.2 Å². The Kier molecular flexibility index (Phi) is 6.26. The van der Waals surface area contributed by atoms with E-state index in [0.717, 1.165) is 23.1 Å². The van der Waals surface area contributed by atoms with Crippen LogP contribution >= 0.6 is 15.9 Å². The second kappa shape index (κ2) is 7.52. The molecule has 16 heavy (non-hydrogen) atoms. The van der Waals surface area contributed by atoms with Crippen LogP contribution in [0.4, 0.5) is 0 Å². The molecular formula is C12H17BrO3. The topological polar surface area (TPSA) is 27.7 Å². The fourth-order valence-corrected chi connectivity index (χ4v) is 1.50. The van der Waals surface area contributed by atoms with Crippen molar-refractivity contribution in [3.63, 3.8) is 0 Å². The molecule has 0 aliphatic rings. The average Bonchev–Trinajstić information content (AvgIpc) is 2.28. The van der Waals surface area contributed by atoms with Crippen molar-refractivity contribution < 1.29 is 14.2 Å². The molecule has 0 radical (unpaired) electrons. The molecule has 0 aliphatic heterocycles. The zero-order chi connectivity index (χ0) is 11.8. The third kappa shape index (κ3) is 4.41. The van der Waals surface area contributed by atoms with E-state index in [9.17, 15) is 0 Å². The fraction of sp³-hybridized carbons (Fsp3) is 0.500. The van der Waals surface area contributed by atoms with Gasteiger partial charge in [0, 0.05) is 11.6 Å². The number of rotatable bonds is 7. The second-order valence-electron chi connectivity index (χ2n) is 3.34. The SMILES string of the molecule is CCCCOc1cc(Br)ccc1OCOC. The minimum atomic E-state index is 0.228. The summed E-state index contributed by atoms with van der Waals surface area (Å²) in [7, 11) is 1.59. The van der Waals surface area contributed by atoms with E-state index in [2.05, 4.69) is 22.9 Å². The second-order valence-corrected chi connectivity index (χ2v) is 4.26. The molecule has 0 N–H and O–H groups in total. The number of methoxy groups -OCH3 is 1. The number of hydrogen-bond donors (Lipinski definition) is 0. The maximum Gasteiger partial charge on any atom is 0.188 e.